The molecular weight excluding hydrogens is 282 g/mol. The van der Waals surface area contributed by atoms with Crippen LogP contribution >= 0.6 is 11.6 Å². The minimum absolute atomic E-state index is 0.125. The van der Waals surface area contributed by atoms with Crippen LogP contribution in [0.5, 0.6) is 0 Å². The average molecular weight is 300 g/mol. The van der Waals surface area contributed by atoms with Crippen molar-refractivity contribution in [3.63, 3.8) is 0 Å². The summed E-state index contributed by atoms with van der Waals surface area (Å²) < 4.78 is 0. The molecule has 2 nitrogen and oxygen atoms in total. The molecule has 0 radical (unpaired) electrons. The smallest absolute Gasteiger partial charge is 0.230 e. The van der Waals surface area contributed by atoms with Crippen molar-refractivity contribution in [2.75, 3.05) is 0 Å². The van der Waals surface area contributed by atoms with Crippen LogP contribution < -0.4 is 5.32 Å². The van der Waals surface area contributed by atoms with Gasteiger partial charge in [-0.15, -0.1) is 0 Å². The van der Waals surface area contributed by atoms with Crippen molar-refractivity contribution in [1.82, 2.24) is 5.32 Å². The third-order valence-corrected chi connectivity index (χ3v) is 4.59. The first kappa shape index (κ1) is 14.2. The van der Waals surface area contributed by atoms with Gasteiger partial charge in [-0.25, -0.2) is 0 Å². The van der Waals surface area contributed by atoms with Gasteiger partial charge in [0.05, 0.1) is 5.41 Å². The van der Waals surface area contributed by atoms with Crippen LogP contribution in [0.4, 0.5) is 0 Å². The first-order chi connectivity index (χ1) is 10.2. The van der Waals surface area contributed by atoms with Crippen molar-refractivity contribution < 1.29 is 4.79 Å². The summed E-state index contributed by atoms with van der Waals surface area (Å²) >= 11 is 5.94. The molecule has 1 N–H and O–H groups in total. The predicted molar refractivity (Wildman–Crippen MR) is 85.3 cm³/mol. The summed E-state index contributed by atoms with van der Waals surface area (Å²) in [5, 5.41) is 3.79. The number of carbonyl (C=O) groups is 1. The van der Waals surface area contributed by atoms with Gasteiger partial charge in [-0.2, -0.15) is 0 Å². The minimum Gasteiger partial charge on any atom is -0.351 e. The summed E-state index contributed by atoms with van der Waals surface area (Å²) in [6.45, 7) is 0.578. The van der Waals surface area contributed by atoms with Crippen LogP contribution in [0.25, 0.3) is 0 Å². The Kier molecular flexibility index (Phi) is 3.98. The largest absolute Gasteiger partial charge is 0.351 e. The molecule has 1 saturated carbocycles. The van der Waals surface area contributed by atoms with Gasteiger partial charge < -0.3 is 5.32 Å². The lowest BCUT2D eigenvalue weighted by atomic mass is 9.64. The van der Waals surface area contributed by atoms with Crippen molar-refractivity contribution in [2.45, 2.75) is 31.2 Å². The van der Waals surface area contributed by atoms with E-state index in [9.17, 15) is 4.79 Å². The highest BCUT2D eigenvalue weighted by Gasteiger charge is 2.45. The molecule has 1 aliphatic carbocycles. The first-order valence-corrected chi connectivity index (χ1v) is 7.67. The van der Waals surface area contributed by atoms with Gasteiger partial charge in [-0.1, -0.05) is 60.5 Å². The summed E-state index contributed by atoms with van der Waals surface area (Å²) in [5.41, 5.74) is 1.83. The Balaban J connectivity index is 1.73. The zero-order chi connectivity index (χ0) is 14.7. The zero-order valence-electron chi connectivity index (χ0n) is 11.8. The van der Waals surface area contributed by atoms with E-state index in [-0.39, 0.29) is 11.3 Å². The van der Waals surface area contributed by atoms with Crippen molar-refractivity contribution in [3.05, 3.63) is 70.7 Å². The second-order valence-corrected chi connectivity index (χ2v) is 6.05. The summed E-state index contributed by atoms with van der Waals surface area (Å²) in [7, 11) is 0. The van der Waals surface area contributed by atoms with Crippen molar-refractivity contribution in [2.24, 2.45) is 0 Å². The molecule has 1 fully saturated rings. The molecule has 3 heteroatoms. The number of hydrogen-bond donors (Lipinski definition) is 1. The van der Waals surface area contributed by atoms with Crippen molar-refractivity contribution >= 4 is 17.5 Å². The normalized spacial score (nSPS) is 16.0. The van der Waals surface area contributed by atoms with Gasteiger partial charge in [-0.05, 0) is 36.1 Å². The average Bonchev–Trinajstić information content (AvgIpc) is 2.47. The summed E-state index contributed by atoms with van der Waals surface area (Å²) in [4.78, 5) is 12.7. The van der Waals surface area contributed by atoms with E-state index in [1.807, 2.05) is 54.6 Å². The van der Waals surface area contributed by atoms with E-state index in [4.69, 9.17) is 11.6 Å². The van der Waals surface area contributed by atoms with Crippen LogP contribution in [-0.4, -0.2) is 5.91 Å². The maximum atomic E-state index is 12.7. The van der Waals surface area contributed by atoms with E-state index in [0.29, 0.717) is 11.6 Å². The molecule has 0 bridgehead atoms. The minimum atomic E-state index is -0.362. The van der Waals surface area contributed by atoms with Crippen molar-refractivity contribution in [3.8, 4) is 0 Å². The van der Waals surface area contributed by atoms with Gasteiger partial charge in [0.2, 0.25) is 5.91 Å². The Hall–Kier alpha value is -1.80. The molecule has 1 amide bonds. The number of benzene rings is 2. The van der Waals surface area contributed by atoms with E-state index in [2.05, 4.69) is 5.32 Å². The first-order valence-electron chi connectivity index (χ1n) is 7.29. The zero-order valence-corrected chi connectivity index (χ0v) is 12.6. The molecule has 0 heterocycles. The molecule has 1 aliphatic rings. The molecule has 3 rings (SSSR count). The quantitative estimate of drug-likeness (QED) is 0.905. The Labute approximate surface area is 130 Å². The third-order valence-electron chi connectivity index (χ3n) is 4.33. The molecule has 0 unspecified atom stereocenters. The highest BCUT2D eigenvalue weighted by molar-refractivity contribution is 6.30. The SMILES string of the molecule is O=C(NCc1ccccc1)C1(c2ccc(Cl)cc2)CCC1. The van der Waals surface area contributed by atoms with Crippen LogP contribution in [0, 0.1) is 0 Å². The summed E-state index contributed by atoms with van der Waals surface area (Å²) in [6, 6.07) is 17.7. The molecule has 2 aromatic carbocycles. The topological polar surface area (TPSA) is 29.1 Å². The molecule has 0 aromatic heterocycles. The van der Waals surface area contributed by atoms with Gasteiger partial charge in [0, 0.05) is 11.6 Å². The standard InChI is InChI=1S/C18H18ClNO/c19-16-9-7-15(8-10-16)18(11-4-12-18)17(21)20-13-14-5-2-1-3-6-14/h1-3,5-10H,4,11-13H2,(H,20,21). The molecule has 21 heavy (non-hydrogen) atoms. The highest BCUT2D eigenvalue weighted by atomic mass is 35.5. The van der Waals surface area contributed by atoms with Gasteiger partial charge in [0.1, 0.15) is 0 Å². The second kappa shape index (κ2) is 5.90. The van der Waals surface area contributed by atoms with Crippen LogP contribution in [0.1, 0.15) is 30.4 Å². The van der Waals surface area contributed by atoms with Gasteiger partial charge in [0.15, 0.2) is 0 Å². The number of carbonyl (C=O) groups excluding carboxylic acids is 1. The fourth-order valence-electron chi connectivity index (χ4n) is 2.89. The lowest BCUT2D eigenvalue weighted by Gasteiger charge is -2.40. The molecule has 0 saturated heterocycles. The predicted octanol–water partition coefficient (Wildman–Crippen LogP) is 4.08. The summed E-state index contributed by atoms with van der Waals surface area (Å²) in [6.07, 6.45) is 2.92. The highest BCUT2D eigenvalue weighted by Crippen LogP contribution is 2.44. The number of rotatable bonds is 4. The maximum absolute atomic E-state index is 12.7. The molecule has 0 atom stereocenters. The monoisotopic (exact) mass is 299 g/mol. The van der Waals surface area contributed by atoms with Gasteiger partial charge in [-0.3, -0.25) is 4.79 Å². The van der Waals surface area contributed by atoms with E-state index in [1.54, 1.807) is 0 Å². The molecule has 0 spiro atoms. The Morgan fingerprint density at radius 2 is 1.71 bits per heavy atom. The van der Waals surface area contributed by atoms with Gasteiger partial charge in [0.25, 0.3) is 0 Å². The lowest BCUT2D eigenvalue weighted by molar-refractivity contribution is -0.130. The van der Waals surface area contributed by atoms with Crippen LogP contribution in [0.3, 0.4) is 0 Å². The fraction of sp³-hybridized carbons (Fsp3) is 0.278. The van der Waals surface area contributed by atoms with E-state index >= 15 is 0 Å². The number of hydrogen-bond acceptors (Lipinski definition) is 1. The Bertz CT molecular complexity index is 617. The third kappa shape index (κ3) is 2.81. The van der Waals surface area contributed by atoms with Crippen LogP contribution in [0.2, 0.25) is 5.02 Å². The Morgan fingerprint density at radius 3 is 2.29 bits per heavy atom. The van der Waals surface area contributed by atoms with E-state index in [0.717, 1.165) is 30.4 Å². The lowest BCUT2D eigenvalue weighted by Crippen LogP contribution is -2.48. The van der Waals surface area contributed by atoms with E-state index < -0.39 is 0 Å². The van der Waals surface area contributed by atoms with Crippen LogP contribution in [0.15, 0.2) is 54.6 Å². The molecular formula is C18H18ClNO. The molecule has 108 valence electrons. The molecule has 2 aromatic rings. The number of amides is 1. The van der Waals surface area contributed by atoms with E-state index in [1.165, 1.54) is 0 Å². The Morgan fingerprint density at radius 1 is 1.05 bits per heavy atom. The summed E-state index contributed by atoms with van der Waals surface area (Å²) in [5.74, 6) is 0.125. The van der Waals surface area contributed by atoms with Crippen molar-refractivity contribution in [1.29, 1.82) is 0 Å². The number of halogens is 1. The maximum Gasteiger partial charge on any atom is 0.230 e. The second-order valence-electron chi connectivity index (χ2n) is 5.61. The number of nitrogens with one attached hydrogen (secondary N) is 1. The molecule has 0 aliphatic heterocycles. The fourth-order valence-corrected chi connectivity index (χ4v) is 3.02. The van der Waals surface area contributed by atoms with Crippen LogP contribution in [-0.2, 0) is 16.8 Å². The van der Waals surface area contributed by atoms with Gasteiger partial charge >= 0.3 is 0 Å².